The molecule has 0 saturated heterocycles. The number of rotatable bonds is 6. The van der Waals surface area contributed by atoms with Gasteiger partial charge in [0.05, 0.1) is 22.7 Å². The molecule has 0 saturated carbocycles. The third-order valence-corrected chi connectivity index (χ3v) is 6.72. The molecule has 1 unspecified atom stereocenters. The second-order valence-electron chi connectivity index (χ2n) is 8.01. The largest absolute Gasteiger partial charge is 0.493 e. The summed E-state index contributed by atoms with van der Waals surface area (Å²) in [6.45, 7) is 1.98. The molecule has 3 aromatic heterocycles. The number of H-pyrrole nitrogens is 2. The fourth-order valence-electron chi connectivity index (χ4n) is 3.70. The fraction of sp³-hybridized carbons (Fsp3) is 0.120. The molecule has 3 N–H and O–H groups in total. The van der Waals surface area contributed by atoms with E-state index in [-0.39, 0.29) is 11.6 Å². The van der Waals surface area contributed by atoms with E-state index in [9.17, 15) is 14.1 Å². The second-order valence-corrected chi connectivity index (χ2v) is 9.53. The average molecular weight is 487 g/mol. The van der Waals surface area contributed by atoms with E-state index in [0.29, 0.717) is 33.6 Å². The van der Waals surface area contributed by atoms with Crippen LogP contribution in [-0.2, 0) is 17.2 Å². The molecular weight excluding hydrogens is 464 g/mol. The summed E-state index contributed by atoms with van der Waals surface area (Å²) in [6, 6.07) is 19.2. The Labute approximate surface area is 202 Å². The van der Waals surface area contributed by atoms with Gasteiger partial charge in [-0.25, -0.2) is 19.3 Å². The molecule has 0 aliphatic carbocycles. The first-order valence-electron chi connectivity index (χ1n) is 10.9. The van der Waals surface area contributed by atoms with Crippen molar-refractivity contribution in [2.45, 2.75) is 18.4 Å². The van der Waals surface area contributed by atoms with E-state index < -0.39 is 16.5 Å². The monoisotopic (exact) mass is 486 g/mol. The molecule has 0 spiro atoms. The molecule has 176 valence electrons. The van der Waals surface area contributed by atoms with Crippen molar-refractivity contribution in [1.82, 2.24) is 24.6 Å². The van der Waals surface area contributed by atoms with Crippen LogP contribution in [-0.4, -0.2) is 39.6 Å². The lowest BCUT2D eigenvalue weighted by Gasteiger charge is -2.06. The maximum Gasteiger partial charge on any atom is 0.326 e. The molecule has 5 aromatic rings. The zero-order valence-electron chi connectivity index (χ0n) is 18.8. The summed E-state index contributed by atoms with van der Waals surface area (Å²) < 4.78 is 14.9. The van der Waals surface area contributed by atoms with Crippen LogP contribution in [0.15, 0.2) is 81.7 Å². The van der Waals surface area contributed by atoms with Crippen LogP contribution in [0.2, 0.25) is 0 Å². The summed E-state index contributed by atoms with van der Waals surface area (Å²) in [6.07, 6.45) is 3.73. The standard InChI is InChI=1S/C25H22N6O3S/c1-16-6-5-9-19(12-16)27-21-14-22(35(34)11-10-17-7-3-2-4-8-17)31-23(29-21)18(15-26-31)13-20-24(32)30-25(33)28-20/h2-9,12-15,32H,10-11H2,1H3,(H2,28,30,33). The van der Waals surface area contributed by atoms with Gasteiger partial charge in [0.2, 0.25) is 5.88 Å². The number of fused-ring (bicyclic) bond motifs is 1. The van der Waals surface area contributed by atoms with E-state index in [1.54, 1.807) is 18.3 Å². The van der Waals surface area contributed by atoms with E-state index in [4.69, 9.17) is 0 Å². The Morgan fingerprint density at radius 3 is 2.69 bits per heavy atom. The second kappa shape index (κ2) is 9.51. The molecule has 1 atom stereocenters. The Balaban J connectivity index is 1.65. The van der Waals surface area contributed by atoms with E-state index in [1.807, 2.05) is 61.5 Å². The first-order chi connectivity index (χ1) is 17.0. The van der Waals surface area contributed by atoms with E-state index in [0.717, 1.165) is 16.8 Å². The molecule has 0 bridgehead atoms. The van der Waals surface area contributed by atoms with Gasteiger partial charge >= 0.3 is 5.69 Å². The SMILES string of the molecule is Cc1cccc(N=c2cc(S(=O)CCc3ccccc3)n3ncc(=Cc4[nH]c(=O)[nH]c4O)c3n2)c1. The van der Waals surface area contributed by atoms with Crippen molar-refractivity contribution in [2.75, 3.05) is 5.75 Å². The van der Waals surface area contributed by atoms with Gasteiger partial charge in [0.1, 0.15) is 10.7 Å². The van der Waals surface area contributed by atoms with Gasteiger partial charge in [0.25, 0.3) is 0 Å². The number of aryl methyl sites for hydroxylation is 2. The van der Waals surface area contributed by atoms with Gasteiger partial charge in [-0.15, -0.1) is 0 Å². The quantitative estimate of drug-likeness (QED) is 0.316. The lowest BCUT2D eigenvalue weighted by molar-refractivity contribution is 0.454. The summed E-state index contributed by atoms with van der Waals surface area (Å²) >= 11 is 0. The minimum atomic E-state index is -1.39. The topological polar surface area (TPSA) is 128 Å². The van der Waals surface area contributed by atoms with Gasteiger partial charge in [0, 0.05) is 17.0 Å². The highest BCUT2D eigenvalue weighted by molar-refractivity contribution is 7.84. The Morgan fingerprint density at radius 2 is 1.94 bits per heavy atom. The van der Waals surface area contributed by atoms with Crippen molar-refractivity contribution in [2.24, 2.45) is 4.99 Å². The lowest BCUT2D eigenvalue weighted by atomic mass is 10.2. The zero-order chi connectivity index (χ0) is 24.4. The molecule has 35 heavy (non-hydrogen) atoms. The maximum atomic E-state index is 13.4. The van der Waals surface area contributed by atoms with Crippen LogP contribution in [0.4, 0.5) is 5.69 Å². The number of aromatic amines is 2. The molecule has 3 heterocycles. The Kier molecular flexibility index (Phi) is 6.11. The minimum absolute atomic E-state index is 0.194. The van der Waals surface area contributed by atoms with Gasteiger partial charge in [-0.05, 0) is 42.7 Å². The molecule has 0 aliphatic heterocycles. The number of benzene rings is 2. The molecule has 0 radical (unpaired) electrons. The Morgan fingerprint density at radius 1 is 1.11 bits per heavy atom. The highest BCUT2D eigenvalue weighted by Gasteiger charge is 2.14. The molecule has 10 heteroatoms. The van der Waals surface area contributed by atoms with Crippen LogP contribution < -0.4 is 16.4 Å². The third-order valence-electron chi connectivity index (χ3n) is 5.39. The predicted octanol–water partition coefficient (Wildman–Crippen LogP) is 1.89. The van der Waals surface area contributed by atoms with Crippen LogP contribution in [0.3, 0.4) is 0 Å². The number of hydrogen-bond acceptors (Lipinski definition) is 6. The van der Waals surface area contributed by atoms with Gasteiger partial charge in [0.15, 0.2) is 11.1 Å². The molecule has 0 fully saturated rings. The first kappa shape index (κ1) is 22.5. The van der Waals surface area contributed by atoms with Crippen LogP contribution >= 0.6 is 0 Å². The van der Waals surface area contributed by atoms with E-state index in [1.165, 1.54) is 4.52 Å². The number of aromatic nitrogens is 5. The molecule has 0 aliphatic rings. The third kappa shape index (κ3) is 4.97. The summed E-state index contributed by atoms with van der Waals surface area (Å²) in [5.74, 6) is 0.110. The fourth-order valence-corrected chi connectivity index (χ4v) is 4.89. The van der Waals surface area contributed by atoms with E-state index in [2.05, 4.69) is 25.0 Å². The van der Waals surface area contributed by atoms with Crippen molar-refractivity contribution >= 4 is 28.2 Å². The van der Waals surface area contributed by atoms with Gasteiger partial charge in [-0.1, -0.05) is 42.5 Å². The van der Waals surface area contributed by atoms with Gasteiger partial charge in [-0.3, -0.25) is 9.19 Å². The lowest BCUT2D eigenvalue weighted by Crippen LogP contribution is -2.18. The number of hydrogen-bond donors (Lipinski definition) is 3. The normalized spacial score (nSPS) is 13.5. The average Bonchev–Trinajstić information content (AvgIpc) is 3.39. The Hall–Kier alpha value is -4.31. The number of imidazole rings is 1. The van der Waals surface area contributed by atoms with Crippen LogP contribution in [0.25, 0.3) is 11.7 Å². The van der Waals surface area contributed by atoms with Crippen LogP contribution in [0.1, 0.15) is 16.8 Å². The number of nitrogens with zero attached hydrogens (tertiary/aromatic N) is 4. The summed E-state index contributed by atoms with van der Waals surface area (Å²) in [5.41, 5.74) is 3.33. The highest BCUT2D eigenvalue weighted by atomic mass is 32.2. The molecule has 9 nitrogen and oxygen atoms in total. The van der Waals surface area contributed by atoms with Crippen molar-refractivity contribution in [3.63, 3.8) is 0 Å². The van der Waals surface area contributed by atoms with Crippen LogP contribution in [0.5, 0.6) is 5.88 Å². The molecular formula is C25H22N6O3S. The molecule has 2 aromatic carbocycles. The summed E-state index contributed by atoms with van der Waals surface area (Å²) in [4.78, 5) is 25.6. The summed E-state index contributed by atoms with van der Waals surface area (Å²) in [5, 5.41) is 15.3. The zero-order valence-corrected chi connectivity index (χ0v) is 19.6. The maximum absolute atomic E-state index is 13.4. The van der Waals surface area contributed by atoms with E-state index >= 15 is 0 Å². The van der Waals surface area contributed by atoms with Crippen molar-refractivity contribution in [1.29, 1.82) is 0 Å². The molecule has 0 amide bonds. The van der Waals surface area contributed by atoms with Crippen molar-refractivity contribution in [3.8, 4) is 5.88 Å². The van der Waals surface area contributed by atoms with Gasteiger partial charge < -0.3 is 10.1 Å². The molecule has 5 rings (SSSR count). The van der Waals surface area contributed by atoms with Gasteiger partial charge in [-0.2, -0.15) is 5.10 Å². The first-order valence-corrected chi connectivity index (χ1v) is 12.2. The van der Waals surface area contributed by atoms with Crippen molar-refractivity contribution < 1.29 is 9.32 Å². The predicted molar refractivity (Wildman–Crippen MR) is 133 cm³/mol. The van der Waals surface area contributed by atoms with Crippen molar-refractivity contribution in [3.05, 3.63) is 105 Å². The minimum Gasteiger partial charge on any atom is -0.493 e. The highest BCUT2D eigenvalue weighted by Crippen LogP contribution is 2.14. The summed E-state index contributed by atoms with van der Waals surface area (Å²) in [7, 11) is -1.39. The van der Waals surface area contributed by atoms with Crippen LogP contribution in [0, 0.1) is 6.92 Å². The number of aromatic hydroxyl groups is 1. The number of nitrogens with one attached hydrogen (secondary N) is 2. The smallest absolute Gasteiger partial charge is 0.326 e. The Bertz CT molecular complexity index is 1720.